The monoisotopic (exact) mass is 1700 g/mol. The van der Waals surface area contributed by atoms with Gasteiger partial charge in [-0.1, -0.05) is 227 Å². The molecule has 0 saturated heterocycles. The van der Waals surface area contributed by atoms with E-state index in [1.807, 2.05) is 96.1 Å². The molecule has 640 valence electrons. The number of benzene rings is 9. The van der Waals surface area contributed by atoms with Gasteiger partial charge in [-0.3, -0.25) is 43.2 Å². The predicted octanol–water partition coefficient (Wildman–Crippen LogP) is 15.6. The van der Waals surface area contributed by atoms with Crippen molar-refractivity contribution in [1.29, 1.82) is 0 Å². The fraction of sp³-hybridized carbons (Fsp3) is 0.330. The third-order valence-electron chi connectivity index (χ3n) is 19.1. The van der Waals surface area contributed by atoms with E-state index in [-0.39, 0.29) is 78.3 Å². The summed E-state index contributed by atoms with van der Waals surface area (Å²) < 4.78 is 85.5. The minimum absolute atomic E-state index is 0. The SMILES string of the molecule is C.CCCOc1c(C)cc(C)c(C(=O)P(=O)(c2ccccc2)c2ccccc2)c1C.COC(=O)CCC(=O)OCOC(=O)CCC(=O)OCCOc1c(C)cc(C)c(C(=O)P(=O)(c2ccccc2)c2ccccc2)c1C.Cc1cc(C)c(C(=O)P(=O)(c2ccccc2)c2ccccc2)c(C)c1OCCOC(=O)C(C)C(=O)O.OCCCCCCO. The van der Waals surface area contributed by atoms with Crippen LogP contribution in [0.15, 0.2) is 200 Å². The van der Waals surface area contributed by atoms with E-state index in [1.54, 1.807) is 173 Å². The van der Waals surface area contributed by atoms with Gasteiger partial charge < -0.3 is 66.9 Å². The van der Waals surface area contributed by atoms with Gasteiger partial charge in [-0.15, -0.1) is 0 Å². The van der Waals surface area contributed by atoms with Gasteiger partial charge in [0.05, 0.1) is 39.4 Å². The van der Waals surface area contributed by atoms with Gasteiger partial charge in [-0.25, -0.2) is 0 Å². The zero-order chi connectivity index (χ0) is 87.4. The Kier molecular flexibility index (Phi) is 40.9. The maximum atomic E-state index is 14.7. The number of rotatable bonds is 38. The molecule has 3 N–H and O–H groups in total. The summed E-state index contributed by atoms with van der Waals surface area (Å²) in [7, 11) is -9.81. The number of hydrogen-bond donors (Lipinski definition) is 3. The molecule has 0 spiro atoms. The summed E-state index contributed by atoms with van der Waals surface area (Å²) in [6, 6.07) is 58.5. The second kappa shape index (κ2) is 49.4. The van der Waals surface area contributed by atoms with Crippen LogP contribution in [0.2, 0.25) is 0 Å². The number of carbonyl (C=O) groups is 9. The molecule has 0 amide bonds. The summed E-state index contributed by atoms with van der Waals surface area (Å²) in [4.78, 5) is 111. The lowest BCUT2D eigenvalue weighted by Crippen LogP contribution is -2.25. The highest BCUT2D eigenvalue weighted by atomic mass is 31.2. The van der Waals surface area contributed by atoms with Crippen molar-refractivity contribution in [2.75, 3.05) is 60.2 Å². The van der Waals surface area contributed by atoms with E-state index in [0.29, 0.717) is 94.6 Å². The molecular formula is C94H111O23P3. The lowest BCUT2D eigenvalue weighted by molar-refractivity contribution is -0.169. The van der Waals surface area contributed by atoms with Crippen LogP contribution in [0, 0.1) is 68.2 Å². The van der Waals surface area contributed by atoms with Crippen LogP contribution in [0.4, 0.5) is 0 Å². The molecule has 0 saturated carbocycles. The Hall–Kier alpha value is -11.2. The van der Waals surface area contributed by atoms with Crippen LogP contribution >= 0.6 is 21.4 Å². The normalized spacial score (nSPS) is 11.2. The summed E-state index contributed by atoms with van der Waals surface area (Å²) in [6.45, 7) is 19.9. The molecule has 9 aromatic rings. The average molecular weight is 1700 g/mol. The molecule has 0 heterocycles. The summed E-state index contributed by atoms with van der Waals surface area (Å²) in [6.07, 6.45) is 3.75. The number of esters is 5. The minimum Gasteiger partial charge on any atom is -0.493 e. The number of aliphatic hydroxyl groups is 2. The van der Waals surface area contributed by atoms with Crippen molar-refractivity contribution in [1.82, 2.24) is 0 Å². The van der Waals surface area contributed by atoms with Crippen molar-refractivity contribution in [2.45, 2.75) is 141 Å². The van der Waals surface area contributed by atoms with Gasteiger partial charge in [0, 0.05) is 78.4 Å². The Morgan fingerprint density at radius 3 is 0.867 bits per heavy atom. The Balaban J connectivity index is 0.000000311. The lowest BCUT2D eigenvalue weighted by atomic mass is 9.99. The number of aryl methyl sites for hydroxylation is 6. The van der Waals surface area contributed by atoms with Gasteiger partial charge in [0.15, 0.2) is 5.92 Å². The van der Waals surface area contributed by atoms with Gasteiger partial charge in [0.1, 0.15) is 43.7 Å². The number of carboxylic acids is 1. The van der Waals surface area contributed by atoms with E-state index < -0.39 is 81.0 Å². The average Bonchev–Trinajstić information content (AvgIpc) is 0.760. The van der Waals surface area contributed by atoms with Gasteiger partial charge in [-0.05, 0) is 122 Å². The zero-order valence-electron chi connectivity index (χ0n) is 69.5. The van der Waals surface area contributed by atoms with Gasteiger partial charge >= 0.3 is 35.8 Å². The first kappa shape index (κ1) is 99.4. The highest BCUT2D eigenvalue weighted by Gasteiger charge is 2.42. The summed E-state index contributed by atoms with van der Waals surface area (Å²) in [5.74, 6) is -4.60. The molecule has 0 aromatic heterocycles. The molecule has 0 radical (unpaired) electrons. The van der Waals surface area contributed by atoms with Crippen molar-refractivity contribution >= 4 is 106 Å². The molecule has 26 heteroatoms. The second-order valence-electron chi connectivity index (χ2n) is 27.9. The second-order valence-corrected chi connectivity index (χ2v) is 35.8. The molecule has 0 aliphatic carbocycles. The quantitative estimate of drug-likeness (QED) is 0.00808. The minimum atomic E-state index is -3.75. The first-order valence-electron chi connectivity index (χ1n) is 39.0. The molecule has 0 aliphatic rings. The number of ether oxygens (including phenoxy) is 8. The van der Waals surface area contributed by atoms with Gasteiger partial charge in [0.25, 0.3) is 0 Å². The number of carbonyl (C=O) groups excluding carboxylic acids is 8. The van der Waals surface area contributed by atoms with E-state index in [0.717, 1.165) is 59.9 Å². The summed E-state index contributed by atoms with van der Waals surface area (Å²) in [5.41, 5.74) is 6.28. The first-order valence-corrected chi connectivity index (χ1v) is 44.2. The molecule has 120 heavy (non-hydrogen) atoms. The third kappa shape index (κ3) is 26.7. The molecule has 9 rings (SSSR count). The smallest absolute Gasteiger partial charge is 0.320 e. The van der Waals surface area contributed by atoms with Crippen molar-refractivity contribution in [2.24, 2.45) is 5.92 Å². The topological polar surface area (TPSA) is 339 Å². The van der Waals surface area contributed by atoms with Crippen LogP contribution in [0.5, 0.6) is 17.2 Å². The predicted molar refractivity (Wildman–Crippen MR) is 467 cm³/mol. The Labute approximate surface area is 703 Å². The number of hydrogen-bond acceptors (Lipinski definition) is 22. The van der Waals surface area contributed by atoms with E-state index in [4.69, 9.17) is 43.7 Å². The number of aliphatic carboxylic acids is 1. The van der Waals surface area contributed by atoms with E-state index in [9.17, 15) is 56.8 Å². The fourth-order valence-corrected chi connectivity index (χ4v) is 20.9. The van der Waals surface area contributed by atoms with Gasteiger partial charge in [0.2, 0.25) is 44.8 Å². The molecule has 23 nitrogen and oxygen atoms in total. The van der Waals surface area contributed by atoms with E-state index >= 15 is 0 Å². The molecule has 1 unspecified atom stereocenters. The standard InChI is InChI=1S/C34H37O11P.C28H29O7P.C25H27O3P.C6H14O2.CH4/c1-23-21-24(2)33(43-20-19-42-29(36)17-18-31(38)45-22-44-30(37)16-15-28(35)41-4)25(3)32(23)34(39)46(40,26-11-7-5-8-12-26)27-13-9-6-10-14-27;1-18-17-19(2)25(34-15-16-35-27(31)21(4)26(29)30)20(3)24(18)28(32)36(33,22-11-7-5-8-12-22)23-13-9-6-10-14-23;1-5-16-28-24-19(3)17-18(2)23(20(24)4)25(26)29(27,21-12-8-6-9-13-21)22-14-10-7-11-15-22;7-5-3-1-2-4-6-8;/h5-14,21H,15-20,22H2,1-4H3;5-14,17,21H,15-16H2,1-4H3,(H,29,30);6-15,17H,5,16H2,1-4H3;7-8H,1-6H2;1H4. The molecule has 0 aliphatic heterocycles. The number of methoxy groups -OCH3 is 1. The maximum Gasteiger partial charge on any atom is 0.320 e. The number of aliphatic hydroxyl groups excluding tert-OH is 2. The van der Waals surface area contributed by atoms with Crippen LogP contribution in [0.25, 0.3) is 0 Å². The number of carboxylic acid groups (broad SMARTS) is 1. The van der Waals surface area contributed by atoms with E-state index in [1.165, 1.54) is 14.0 Å². The van der Waals surface area contributed by atoms with E-state index in [2.05, 4.69) is 9.47 Å². The Bertz CT molecular complexity index is 4940. The van der Waals surface area contributed by atoms with Crippen molar-refractivity contribution < 1.29 is 110 Å². The highest BCUT2D eigenvalue weighted by molar-refractivity contribution is 7.94. The summed E-state index contributed by atoms with van der Waals surface area (Å²) in [5, 5.41) is 28.4. The Morgan fingerprint density at radius 1 is 0.350 bits per heavy atom. The van der Waals surface area contributed by atoms with Crippen molar-refractivity contribution in [3.8, 4) is 17.2 Å². The Morgan fingerprint density at radius 2 is 0.608 bits per heavy atom. The van der Waals surface area contributed by atoms with Crippen LogP contribution in [0.1, 0.15) is 160 Å². The van der Waals surface area contributed by atoms with Crippen LogP contribution in [0.3, 0.4) is 0 Å². The maximum absolute atomic E-state index is 14.7. The molecule has 0 bridgehead atoms. The summed E-state index contributed by atoms with van der Waals surface area (Å²) >= 11 is 0. The van der Waals surface area contributed by atoms with Crippen LogP contribution in [-0.2, 0) is 66.1 Å². The fourth-order valence-electron chi connectivity index (χ4n) is 13.1. The number of unbranched alkanes of at least 4 members (excludes halogenated alkanes) is 3. The zero-order valence-corrected chi connectivity index (χ0v) is 72.2. The van der Waals surface area contributed by atoms with Gasteiger partial charge in [-0.2, -0.15) is 0 Å². The first-order chi connectivity index (χ1) is 56.9. The molecule has 0 fully saturated rings. The van der Waals surface area contributed by atoms with Crippen molar-refractivity contribution in [3.63, 3.8) is 0 Å². The highest BCUT2D eigenvalue weighted by Crippen LogP contribution is 2.52. The van der Waals surface area contributed by atoms with Crippen LogP contribution in [-0.4, -0.2) is 128 Å². The molecular weight excluding hydrogens is 1590 g/mol. The molecule has 1 atom stereocenters. The van der Waals surface area contributed by atoms with Crippen molar-refractivity contribution in [3.05, 3.63) is 267 Å². The lowest BCUT2D eigenvalue weighted by Gasteiger charge is -2.22. The molecule has 9 aromatic carbocycles. The largest absolute Gasteiger partial charge is 0.493 e. The third-order valence-corrected chi connectivity index (χ3v) is 27.6. The van der Waals surface area contributed by atoms with Crippen LogP contribution < -0.4 is 46.0 Å².